The van der Waals surface area contributed by atoms with Gasteiger partial charge in [0.05, 0.1) is 11.2 Å². The second-order valence-electron chi connectivity index (χ2n) is 6.25. The Labute approximate surface area is 178 Å². The van der Waals surface area contributed by atoms with Crippen LogP contribution in [0.1, 0.15) is 16.6 Å². The highest BCUT2D eigenvalue weighted by Crippen LogP contribution is 2.29. The molecule has 0 unspecified atom stereocenters. The van der Waals surface area contributed by atoms with Gasteiger partial charge in [0, 0.05) is 30.5 Å². The molecule has 2 amide bonds. The molecule has 8 nitrogen and oxygen atoms in total. The van der Waals surface area contributed by atoms with E-state index in [2.05, 4.69) is 15.6 Å². The number of amides is 2. The van der Waals surface area contributed by atoms with Gasteiger partial charge in [-0.2, -0.15) is 0 Å². The second-order valence-corrected chi connectivity index (χ2v) is 8.82. The second kappa shape index (κ2) is 9.55. The number of nitrogens with zero attached hydrogens (tertiary/aromatic N) is 1. The Morgan fingerprint density at radius 2 is 1.67 bits per heavy atom. The zero-order valence-corrected chi connectivity index (χ0v) is 17.2. The summed E-state index contributed by atoms with van der Waals surface area (Å²) in [5, 5.41) is 4.01. The molecule has 2 aromatic heterocycles. The molecule has 0 radical (unpaired) electrons. The molecule has 0 aliphatic heterocycles. The minimum Gasteiger partial charge on any atom is -0.468 e. The van der Waals surface area contributed by atoms with Gasteiger partial charge in [-0.25, -0.2) is 8.42 Å². The maximum Gasteiger partial charge on any atom is 0.309 e. The van der Waals surface area contributed by atoms with Gasteiger partial charge in [-0.05, 0) is 54.1 Å². The summed E-state index contributed by atoms with van der Waals surface area (Å²) in [6.07, 6.45) is 4.47. The molecular weight excluding hydrogens is 430 g/mol. The number of aromatic nitrogens is 1. The number of hydrogen-bond acceptors (Lipinski definition) is 6. The molecule has 0 aliphatic carbocycles. The Kier molecular flexibility index (Phi) is 6.86. The smallest absolute Gasteiger partial charge is 0.309 e. The first-order chi connectivity index (χ1) is 14.4. The molecular formula is C20H18ClN3O5S. The van der Waals surface area contributed by atoms with Crippen molar-refractivity contribution in [3.8, 4) is 0 Å². The number of hydrogen-bond donors (Lipinski definition) is 2. The number of carbonyl (C=O) groups is 2. The first-order valence-electron chi connectivity index (χ1n) is 8.85. The minimum atomic E-state index is -3.92. The highest BCUT2D eigenvalue weighted by Gasteiger charge is 2.32. The Hall–Kier alpha value is -3.17. The minimum absolute atomic E-state index is 0.0182. The summed E-state index contributed by atoms with van der Waals surface area (Å²) in [5.74, 6) is -1.69. The van der Waals surface area contributed by atoms with Crippen LogP contribution < -0.4 is 10.6 Å². The zero-order chi connectivity index (χ0) is 21.6. The number of nitrogens with one attached hydrogen (secondary N) is 2. The molecule has 0 aliphatic rings. The SMILES string of the molecule is O=C(NCc1ccncc1)C(=O)NC[C@H](c1ccco1)S(=O)(=O)c1ccc(Cl)cc1. The van der Waals surface area contributed by atoms with Crippen LogP contribution >= 0.6 is 11.6 Å². The quantitative estimate of drug-likeness (QED) is 0.536. The van der Waals surface area contributed by atoms with Crippen LogP contribution in [-0.2, 0) is 26.0 Å². The van der Waals surface area contributed by atoms with E-state index in [1.807, 2.05) is 0 Å². The van der Waals surface area contributed by atoms with Crippen LogP contribution in [0, 0.1) is 0 Å². The van der Waals surface area contributed by atoms with E-state index in [0.29, 0.717) is 5.02 Å². The summed E-state index contributed by atoms with van der Waals surface area (Å²) < 4.78 is 31.4. The van der Waals surface area contributed by atoms with E-state index in [4.69, 9.17) is 16.0 Å². The molecule has 3 aromatic rings. The molecule has 2 N–H and O–H groups in total. The van der Waals surface area contributed by atoms with E-state index in [9.17, 15) is 18.0 Å². The van der Waals surface area contributed by atoms with Gasteiger partial charge in [0.2, 0.25) is 0 Å². The number of rotatable bonds is 7. The van der Waals surface area contributed by atoms with Gasteiger partial charge in [-0.15, -0.1) is 0 Å². The van der Waals surface area contributed by atoms with Gasteiger partial charge >= 0.3 is 11.8 Å². The molecule has 0 bridgehead atoms. The topological polar surface area (TPSA) is 118 Å². The third-order valence-corrected chi connectivity index (χ3v) is 6.56. The van der Waals surface area contributed by atoms with Crippen molar-refractivity contribution in [2.45, 2.75) is 16.7 Å². The van der Waals surface area contributed by atoms with Crippen molar-refractivity contribution in [2.24, 2.45) is 0 Å². The van der Waals surface area contributed by atoms with Gasteiger partial charge in [0.15, 0.2) is 9.84 Å². The molecule has 3 rings (SSSR count). The van der Waals surface area contributed by atoms with Crippen molar-refractivity contribution in [1.82, 2.24) is 15.6 Å². The Balaban J connectivity index is 1.69. The number of carbonyl (C=O) groups excluding carboxylic acids is 2. The lowest BCUT2D eigenvalue weighted by Crippen LogP contribution is -2.42. The van der Waals surface area contributed by atoms with Crippen LogP contribution in [0.4, 0.5) is 0 Å². The largest absolute Gasteiger partial charge is 0.468 e. The summed E-state index contributed by atoms with van der Waals surface area (Å²) in [5.41, 5.74) is 0.768. The molecule has 0 saturated heterocycles. The average molecular weight is 448 g/mol. The standard InChI is InChI=1S/C20H18ClN3O5S/c21-15-3-5-16(6-4-15)30(27,28)18(17-2-1-11-29-17)13-24-20(26)19(25)23-12-14-7-9-22-10-8-14/h1-11,18H,12-13H2,(H,23,25)(H,24,26)/t18-/m1/s1. The third kappa shape index (κ3) is 5.25. The van der Waals surface area contributed by atoms with E-state index >= 15 is 0 Å². The molecule has 0 spiro atoms. The summed E-state index contributed by atoms with van der Waals surface area (Å²) in [6.45, 7) is -0.209. The zero-order valence-electron chi connectivity index (χ0n) is 15.6. The maximum atomic E-state index is 13.1. The summed E-state index contributed by atoms with van der Waals surface area (Å²) in [6, 6.07) is 12.1. The van der Waals surface area contributed by atoms with Gasteiger partial charge in [-0.1, -0.05) is 11.6 Å². The van der Waals surface area contributed by atoms with Crippen molar-refractivity contribution in [1.29, 1.82) is 0 Å². The molecule has 1 aromatic carbocycles. The van der Waals surface area contributed by atoms with Crippen LogP contribution in [0.3, 0.4) is 0 Å². The summed E-state index contributed by atoms with van der Waals surface area (Å²) in [7, 11) is -3.92. The predicted molar refractivity (Wildman–Crippen MR) is 109 cm³/mol. The van der Waals surface area contributed by atoms with E-state index in [1.165, 1.54) is 36.6 Å². The van der Waals surface area contributed by atoms with Gasteiger partial charge in [0.25, 0.3) is 0 Å². The first kappa shape index (κ1) is 21.5. The fourth-order valence-corrected chi connectivity index (χ4v) is 4.37. The monoisotopic (exact) mass is 447 g/mol. The molecule has 0 saturated carbocycles. The molecule has 10 heteroatoms. The maximum absolute atomic E-state index is 13.1. The molecule has 2 heterocycles. The van der Waals surface area contributed by atoms with Crippen LogP contribution in [0.15, 0.2) is 76.5 Å². The molecule has 0 fully saturated rings. The number of pyridine rings is 1. The molecule has 156 valence electrons. The first-order valence-corrected chi connectivity index (χ1v) is 10.8. The Bertz CT molecular complexity index is 1100. The van der Waals surface area contributed by atoms with Crippen molar-refractivity contribution in [2.75, 3.05) is 6.54 Å². The van der Waals surface area contributed by atoms with Crippen LogP contribution in [0.25, 0.3) is 0 Å². The lowest BCUT2D eigenvalue weighted by molar-refractivity contribution is -0.139. The molecule has 1 atom stereocenters. The number of halogens is 1. The lowest BCUT2D eigenvalue weighted by Gasteiger charge is -2.16. The summed E-state index contributed by atoms with van der Waals surface area (Å²) >= 11 is 5.83. The average Bonchev–Trinajstić information content (AvgIpc) is 3.27. The normalized spacial score (nSPS) is 12.2. The Morgan fingerprint density at radius 1 is 1.00 bits per heavy atom. The van der Waals surface area contributed by atoms with Gasteiger partial charge in [0.1, 0.15) is 11.0 Å². The predicted octanol–water partition coefficient (Wildman–Crippen LogP) is 2.28. The van der Waals surface area contributed by atoms with Gasteiger partial charge in [-0.3, -0.25) is 14.6 Å². The number of benzene rings is 1. The van der Waals surface area contributed by atoms with E-state index in [1.54, 1.807) is 30.6 Å². The molecule has 30 heavy (non-hydrogen) atoms. The van der Waals surface area contributed by atoms with Crippen molar-refractivity contribution >= 4 is 33.3 Å². The number of sulfone groups is 1. The van der Waals surface area contributed by atoms with Crippen molar-refractivity contribution < 1.29 is 22.4 Å². The van der Waals surface area contributed by atoms with E-state index in [-0.39, 0.29) is 23.7 Å². The number of furan rings is 1. The van der Waals surface area contributed by atoms with Crippen LogP contribution in [-0.4, -0.2) is 31.8 Å². The van der Waals surface area contributed by atoms with Gasteiger partial charge < -0.3 is 15.1 Å². The highest BCUT2D eigenvalue weighted by atomic mass is 35.5. The van der Waals surface area contributed by atoms with Crippen LogP contribution in [0.5, 0.6) is 0 Å². The summed E-state index contributed by atoms with van der Waals surface area (Å²) in [4.78, 5) is 28.1. The third-order valence-electron chi connectivity index (χ3n) is 4.23. The highest BCUT2D eigenvalue weighted by molar-refractivity contribution is 7.91. The fourth-order valence-electron chi connectivity index (χ4n) is 2.66. The lowest BCUT2D eigenvalue weighted by atomic mass is 10.2. The van der Waals surface area contributed by atoms with Crippen molar-refractivity contribution in [3.05, 3.63) is 83.5 Å². The Morgan fingerprint density at radius 3 is 2.30 bits per heavy atom. The fraction of sp³-hybridized carbons (Fsp3) is 0.150. The van der Waals surface area contributed by atoms with Crippen LogP contribution in [0.2, 0.25) is 5.02 Å². The van der Waals surface area contributed by atoms with E-state index < -0.39 is 26.9 Å². The van der Waals surface area contributed by atoms with Crippen molar-refractivity contribution in [3.63, 3.8) is 0 Å². The van der Waals surface area contributed by atoms with E-state index in [0.717, 1.165) is 5.56 Å².